The van der Waals surface area contributed by atoms with E-state index in [9.17, 15) is 43.2 Å². The molecule has 0 aliphatic rings. The molecule has 0 unspecified atom stereocenters. The first kappa shape index (κ1) is 78.3. The second-order valence-electron chi connectivity index (χ2n) is 19.8. The Hall–Kier alpha value is -7.74. The minimum absolute atomic E-state index is 0.102. The lowest BCUT2D eigenvalue weighted by Gasteiger charge is -2.35. The van der Waals surface area contributed by atoms with Gasteiger partial charge < -0.3 is 79.3 Å². The SMILES string of the molecule is COCCCCCCNC(=O)OC(COCC(COC(=O)NCCCCCCN=C=O)(COC(=O)NCCCCCCN=C=O)OC(=O)NCCCCCCN=C=O)(COC(=O)NCCCCCCOC#N)COC(=O)NCCCCCCOC#N. The first-order valence-electron chi connectivity index (χ1n) is 29.7. The number of nitrogens with zero attached hydrogens (tertiary/aromatic N) is 5. The van der Waals surface area contributed by atoms with Crippen LogP contribution in [-0.4, -0.2) is 191 Å². The smallest absolute Gasteiger partial charge is 0.408 e. The van der Waals surface area contributed by atoms with E-state index < -0.39 is 87.4 Å². The van der Waals surface area contributed by atoms with E-state index in [1.165, 1.54) is 18.2 Å². The van der Waals surface area contributed by atoms with Crippen LogP contribution in [0.15, 0.2) is 15.0 Å². The van der Waals surface area contributed by atoms with E-state index in [0.717, 1.165) is 19.3 Å². The van der Waals surface area contributed by atoms with Crippen LogP contribution in [0.2, 0.25) is 0 Å². The van der Waals surface area contributed by atoms with Crippen LogP contribution in [0.1, 0.15) is 154 Å². The van der Waals surface area contributed by atoms with Gasteiger partial charge in [-0.2, -0.15) is 10.5 Å². The van der Waals surface area contributed by atoms with Gasteiger partial charge in [0.15, 0.2) is 0 Å². The number of isocyanates is 3. The Morgan fingerprint density at radius 1 is 0.349 bits per heavy atom. The van der Waals surface area contributed by atoms with Crippen molar-refractivity contribution < 1.29 is 90.5 Å². The van der Waals surface area contributed by atoms with Crippen LogP contribution in [0, 0.1) is 23.0 Å². The van der Waals surface area contributed by atoms with E-state index in [0.29, 0.717) is 161 Å². The lowest BCUT2D eigenvalue weighted by atomic mass is 10.1. The average molecular weight is 1220 g/mol. The molecule has 0 aliphatic carbocycles. The Kier molecular flexibility index (Phi) is 52.5. The second-order valence-corrected chi connectivity index (χ2v) is 19.8. The lowest BCUT2D eigenvalue weighted by Crippen LogP contribution is -2.55. The summed E-state index contributed by atoms with van der Waals surface area (Å²) in [4.78, 5) is 123. The Bertz CT molecular complexity index is 1970. The largest absolute Gasteiger partial charge is 0.445 e. The molecule has 0 aliphatic heterocycles. The molecular weight excluding hydrogens is 1130 g/mol. The third kappa shape index (κ3) is 49.7. The van der Waals surface area contributed by atoms with E-state index in [1.54, 1.807) is 19.6 Å². The molecule has 6 N–H and O–H groups in total. The summed E-state index contributed by atoms with van der Waals surface area (Å²) < 4.78 is 55.3. The van der Waals surface area contributed by atoms with E-state index in [-0.39, 0.29) is 52.5 Å². The standard InChI is InChI=1S/C56H93N11O19/c1-77-35-23-11-8-22-34-67-54(76)86-56(42-83-51(73)64-31-20-9-12-24-36-78-44-57,43-84-52(74)65-32-21-10-13-25-37-79-45-58)39-80-38-55(85-53(75)66-33-19-7-4-16-28-61-48-70,40-81-49(71)62-29-17-5-2-14-26-59-46-68)41-82-50(72)63-30-18-6-3-15-27-60-47-69/h2-43H2,1H3,(H,62,71)(H,63,72)(H,64,73)(H,65,74)(H,66,75)(H,67,76). The van der Waals surface area contributed by atoms with E-state index >= 15 is 0 Å². The summed E-state index contributed by atoms with van der Waals surface area (Å²) in [7, 11) is 1.60. The molecule has 0 atom stereocenters. The summed E-state index contributed by atoms with van der Waals surface area (Å²) in [6.07, 6.45) is 17.4. The predicted octanol–water partition coefficient (Wildman–Crippen LogP) is 6.85. The fraction of sp³-hybridized carbons (Fsp3) is 0.804. The molecule has 0 aromatic carbocycles. The van der Waals surface area contributed by atoms with Crippen molar-refractivity contribution in [1.82, 2.24) is 31.9 Å². The first-order valence-corrected chi connectivity index (χ1v) is 29.7. The molecule has 0 bridgehead atoms. The van der Waals surface area contributed by atoms with Crippen LogP contribution in [0.25, 0.3) is 0 Å². The van der Waals surface area contributed by atoms with Gasteiger partial charge in [-0.05, 0) is 89.9 Å². The van der Waals surface area contributed by atoms with Crippen LogP contribution in [0.5, 0.6) is 0 Å². The number of rotatable bonds is 56. The number of alkyl carbamates (subject to hydrolysis) is 6. The van der Waals surface area contributed by atoms with Gasteiger partial charge in [-0.25, -0.2) is 58.1 Å². The average Bonchev–Trinajstić information content (AvgIpc) is 3.09. The normalized spacial score (nSPS) is 11.2. The van der Waals surface area contributed by atoms with Gasteiger partial charge >= 0.3 is 36.6 Å². The number of methoxy groups -OCH3 is 1. The van der Waals surface area contributed by atoms with Gasteiger partial charge in [-0.15, -0.1) is 0 Å². The summed E-state index contributed by atoms with van der Waals surface area (Å²) >= 11 is 0. The Morgan fingerprint density at radius 2 is 0.605 bits per heavy atom. The fourth-order valence-electron chi connectivity index (χ4n) is 7.72. The molecule has 0 saturated heterocycles. The van der Waals surface area contributed by atoms with Gasteiger partial charge in [-0.1, -0.05) is 64.2 Å². The molecule has 0 radical (unpaired) electrons. The molecule has 6 amide bonds. The first-order chi connectivity index (χ1) is 41.9. The van der Waals surface area contributed by atoms with Crippen molar-refractivity contribution in [2.45, 2.75) is 165 Å². The highest BCUT2D eigenvalue weighted by Gasteiger charge is 2.43. The zero-order valence-electron chi connectivity index (χ0n) is 50.2. The highest BCUT2D eigenvalue weighted by atomic mass is 16.7. The van der Waals surface area contributed by atoms with Crippen molar-refractivity contribution in [2.24, 2.45) is 15.0 Å². The van der Waals surface area contributed by atoms with Gasteiger partial charge in [0.2, 0.25) is 29.4 Å². The molecule has 0 rings (SSSR count). The van der Waals surface area contributed by atoms with E-state index in [2.05, 4.69) is 46.9 Å². The third-order valence-corrected chi connectivity index (χ3v) is 12.4. The van der Waals surface area contributed by atoms with Crippen LogP contribution in [0.3, 0.4) is 0 Å². The van der Waals surface area contributed by atoms with E-state index in [4.69, 9.17) is 57.9 Å². The maximum atomic E-state index is 13.8. The van der Waals surface area contributed by atoms with Crippen molar-refractivity contribution in [3.8, 4) is 12.5 Å². The number of hydrogen-bond acceptors (Lipinski definition) is 24. The van der Waals surface area contributed by atoms with Crippen LogP contribution >= 0.6 is 0 Å². The molecule has 0 aromatic rings. The number of nitriles is 2. The molecule has 0 aromatic heterocycles. The summed E-state index contributed by atoms with van der Waals surface area (Å²) in [6, 6.07) is 0. The highest BCUT2D eigenvalue weighted by molar-refractivity contribution is 5.70. The molecule has 30 heteroatoms. The zero-order chi connectivity index (χ0) is 63.1. The number of ether oxygens (including phenoxy) is 10. The maximum Gasteiger partial charge on any atom is 0.408 e. The summed E-state index contributed by atoms with van der Waals surface area (Å²) in [6.45, 7) is -1.71. The monoisotopic (exact) mass is 1220 g/mol. The van der Waals surface area contributed by atoms with Gasteiger partial charge in [0, 0.05) is 53.0 Å². The third-order valence-electron chi connectivity index (χ3n) is 12.4. The summed E-state index contributed by atoms with van der Waals surface area (Å²) in [5.41, 5.74) is -4.32. The molecule has 486 valence electrons. The number of amides is 6. The molecular formula is C56H93N11O19. The summed E-state index contributed by atoms with van der Waals surface area (Å²) in [5.74, 6) is 0. The summed E-state index contributed by atoms with van der Waals surface area (Å²) in [5, 5.41) is 33.1. The zero-order valence-corrected chi connectivity index (χ0v) is 50.2. The van der Waals surface area contributed by atoms with Gasteiger partial charge in [0.05, 0.1) is 32.8 Å². The number of hydrogen-bond donors (Lipinski definition) is 6. The minimum Gasteiger partial charge on any atom is -0.445 e. The van der Waals surface area contributed by atoms with Gasteiger partial charge in [-0.3, -0.25) is 0 Å². The van der Waals surface area contributed by atoms with Crippen LogP contribution in [0.4, 0.5) is 28.8 Å². The van der Waals surface area contributed by atoms with Gasteiger partial charge in [0.1, 0.15) is 39.6 Å². The Labute approximate surface area is 504 Å². The minimum atomic E-state index is -2.17. The highest BCUT2D eigenvalue weighted by Crippen LogP contribution is 2.21. The second kappa shape index (κ2) is 57.7. The fourth-order valence-corrected chi connectivity index (χ4v) is 7.72. The number of unbranched alkanes of at least 4 members (excludes halogenated alkanes) is 18. The Morgan fingerprint density at radius 3 is 0.872 bits per heavy atom. The van der Waals surface area contributed by atoms with Crippen molar-refractivity contribution >= 4 is 54.8 Å². The molecule has 0 spiro atoms. The Balaban J connectivity index is 7.14. The number of aliphatic imine (C=N–C) groups is 3. The molecule has 0 heterocycles. The van der Waals surface area contributed by atoms with Crippen LogP contribution < -0.4 is 31.9 Å². The molecule has 86 heavy (non-hydrogen) atoms. The van der Waals surface area contributed by atoms with Crippen LogP contribution in [-0.2, 0) is 61.8 Å². The maximum absolute atomic E-state index is 13.8. The van der Waals surface area contributed by atoms with Crippen molar-refractivity contribution in [1.29, 1.82) is 10.5 Å². The quantitative estimate of drug-likeness (QED) is 0.0119. The topological polar surface area (TPSA) is 403 Å². The van der Waals surface area contributed by atoms with Gasteiger partial charge in [0.25, 0.3) is 12.5 Å². The predicted molar refractivity (Wildman–Crippen MR) is 307 cm³/mol. The molecule has 0 saturated carbocycles. The lowest BCUT2D eigenvalue weighted by molar-refractivity contribution is -0.150. The van der Waals surface area contributed by atoms with E-state index in [1.807, 2.05) is 0 Å². The number of carbonyl (C=O) groups is 6. The molecule has 0 fully saturated rings. The number of carbonyl (C=O) groups excluding carboxylic acids is 9. The van der Waals surface area contributed by atoms with Crippen molar-refractivity contribution in [3.05, 3.63) is 0 Å². The van der Waals surface area contributed by atoms with Crippen molar-refractivity contribution in [2.75, 3.05) is 125 Å². The molecule has 30 nitrogen and oxygen atoms in total. The number of nitrogens with one attached hydrogen (secondary N) is 6. The van der Waals surface area contributed by atoms with Crippen molar-refractivity contribution in [3.63, 3.8) is 0 Å².